The maximum Gasteiger partial charge on any atom is 0.266 e. The largest absolute Gasteiger partial charge is 0.479 e. The van der Waals surface area contributed by atoms with Gasteiger partial charge in [0.1, 0.15) is 11.6 Å². The zero-order valence-corrected chi connectivity index (χ0v) is 14.0. The van der Waals surface area contributed by atoms with E-state index in [4.69, 9.17) is 27.9 Å². The lowest BCUT2D eigenvalue weighted by atomic mass is 10.3. The van der Waals surface area contributed by atoms with E-state index >= 15 is 0 Å². The number of nitrogens with one attached hydrogen (secondary N) is 1. The van der Waals surface area contributed by atoms with Crippen LogP contribution in [0.4, 0.5) is 5.82 Å². The van der Waals surface area contributed by atoms with E-state index in [1.54, 1.807) is 42.1 Å². The number of nitrogens with zero attached hydrogens (tertiary/aromatic N) is 2. The first kappa shape index (κ1) is 16.6. The Morgan fingerprint density at radius 2 is 2.00 bits per heavy atom. The van der Waals surface area contributed by atoms with E-state index in [2.05, 4.69) is 10.4 Å². The van der Waals surface area contributed by atoms with Crippen LogP contribution >= 0.6 is 23.2 Å². The standard InChI is InChI=1S/C15H17Cl2N3O2/c1-9(2)20-14(6-7-18-20)19-15(21)10(3)22-13-8-11(16)4-5-12(13)17/h4-10H,1-3H3,(H,19,21)/t10-/m0/s1. The predicted octanol–water partition coefficient (Wildman–Crippen LogP) is 4.18. The molecule has 1 amide bonds. The van der Waals surface area contributed by atoms with Crippen LogP contribution in [0.5, 0.6) is 5.75 Å². The highest BCUT2D eigenvalue weighted by molar-refractivity contribution is 6.34. The van der Waals surface area contributed by atoms with Gasteiger partial charge in [-0.2, -0.15) is 5.10 Å². The topological polar surface area (TPSA) is 56.2 Å². The molecule has 0 saturated carbocycles. The van der Waals surface area contributed by atoms with E-state index in [1.807, 2.05) is 13.8 Å². The first-order valence-electron chi connectivity index (χ1n) is 6.84. The Labute approximate surface area is 139 Å². The first-order valence-corrected chi connectivity index (χ1v) is 7.60. The zero-order chi connectivity index (χ0) is 16.3. The summed E-state index contributed by atoms with van der Waals surface area (Å²) in [4.78, 5) is 12.2. The second-order valence-corrected chi connectivity index (χ2v) is 5.92. The minimum atomic E-state index is -0.730. The zero-order valence-electron chi connectivity index (χ0n) is 12.5. The molecule has 0 saturated heterocycles. The van der Waals surface area contributed by atoms with Crippen LogP contribution in [0, 0.1) is 0 Å². The van der Waals surface area contributed by atoms with Crippen molar-refractivity contribution in [1.82, 2.24) is 9.78 Å². The third kappa shape index (κ3) is 3.93. The maximum absolute atomic E-state index is 12.2. The van der Waals surface area contributed by atoms with Gasteiger partial charge in [0.05, 0.1) is 11.2 Å². The molecule has 7 heteroatoms. The van der Waals surface area contributed by atoms with Crippen LogP contribution < -0.4 is 10.1 Å². The Bertz CT molecular complexity index is 671. The number of hydrogen-bond acceptors (Lipinski definition) is 3. The molecule has 0 fully saturated rings. The van der Waals surface area contributed by atoms with Gasteiger partial charge in [-0.1, -0.05) is 23.2 Å². The number of halogens is 2. The van der Waals surface area contributed by atoms with Crippen molar-refractivity contribution >= 4 is 34.9 Å². The van der Waals surface area contributed by atoms with Crippen molar-refractivity contribution in [2.45, 2.75) is 32.9 Å². The lowest BCUT2D eigenvalue weighted by molar-refractivity contribution is -0.122. The Kier molecular flexibility index (Phi) is 5.32. The number of ether oxygens (including phenoxy) is 1. The minimum absolute atomic E-state index is 0.142. The van der Waals surface area contributed by atoms with E-state index in [0.29, 0.717) is 21.6 Å². The molecular weight excluding hydrogens is 325 g/mol. The van der Waals surface area contributed by atoms with Gasteiger partial charge in [-0.25, -0.2) is 4.68 Å². The summed E-state index contributed by atoms with van der Waals surface area (Å²) in [6, 6.07) is 6.73. The normalized spacial score (nSPS) is 12.3. The lowest BCUT2D eigenvalue weighted by Crippen LogP contribution is -2.31. The highest BCUT2D eigenvalue weighted by Crippen LogP contribution is 2.28. The van der Waals surface area contributed by atoms with Gasteiger partial charge < -0.3 is 10.1 Å². The number of benzene rings is 1. The molecule has 1 N–H and O–H groups in total. The van der Waals surface area contributed by atoms with E-state index < -0.39 is 6.10 Å². The number of carbonyl (C=O) groups excluding carboxylic acids is 1. The number of rotatable bonds is 5. The number of aromatic nitrogens is 2. The SMILES string of the molecule is CC(C)n1nccc1NC(=O)[C@H](C)Oc1cc(Cl)ccc1Cl. The fourth-order valence-corrected chi connectivity index (χ4v) is 2.19. The Balaban J connectivity index is 2.06. The summed E-state index contributed by atoms with van der Waals surface area (Å²) in [5, 5.41) is 7.84. The summed E-state index contributed by atoms with van der Waals surface area (Å²) in [7, 11) is 0. The fourth-order valence-electron chi connectivity index (χ4n) is 1.86. The van der Waals surface area contributed by atoms with E-state index in [9.17, 15) is 4.79 Å². The average molecular weight is 342 g/mol. The maximum atomic E-state index is 12.2. The highest BCUT2D eigenvalue weighted by Gasteiger charge is 2.18. The molecule has 1 aromatic heterocycles. The van der Waals surface area contributed by atoms with Crippen LogP contribution in [0.15, 0.2) is 30.5 Å². The molecule has 0 bridgehead atoms. The number of amides is 1. The summed E-state index contributed by atoms with van der Waals surface area (Å²) >= 11 is 11.9. The summed E-state index contributed by atoms with van der Waals surface area (Å²) < 4.78 is 7.30. The second kappa shape index (κ2) is 7.03. The van der Waals surface area contributed by atoms with Crippen molar-refractivity contribution in [1.29, 1.82) is 0 Å². The quantitative estimate of drug-likeness (QED) is 0.887. The van der Waals surface area contributed by atoms with Crippen molar-refractivity contribution in [2.24, 2.45) is 0 Å². The van der Waals surface area contributed by atoms with Crippen LogP contribution in [0.3, 0.4) is 0 Å². The van der Waals surface area contributed by atoms with Gasteiger partial charge in [0.15, 0.2) is 6.10 Å². The molecule has 0 aliphatic heterocycles. The molecule has 0 aliphatic rings. The van der Waals surface area contributed by atoms with Crippen LogP contribution in [0.1, 0.15) is 26.8 Å². The molecule has 1 atom stereocenters. The molecule has 5 nitrogen and oxygen atoms in total. The van der Waals surface area contributed by atoms with E-state index in [0.717, 1.165) is 0 Å². The monoisotopic (exact) mass is 341 g/mol. The Hall–Kier alpha value is -1.72. The van der Waals surface area contributed by atoms with Crippen LogP contribution in [0.25, 0.3) is 0 Å². The molecule has 0 unspecified atom stereocenters. The molecule has 0 aliphatic carbocycles. The number of carbonyl (C=O) groups is 1. The van der Waals surface area contributed by atoms with E-state index in [1.165, 1.54) is 0 Å². The van der Waals surface area contributed by atoms with Gasteiger partial charge in [-0.15, -0.1) is 0 Å². The minimum Gasteiger partial charge on any atom is -0.479 e. The van der Waals surface area contributed by atoms with Gasteiger partial charge in [-0.3, -0.25) is 4.79 Å². The van der Waals surface area contributed by atoms with Crippen molar-refractivity contribution in [3.8, 4) is 5.75 Å². The Morgan fingerprint density at radius 3 is 2.68 bits per heavy atom. The van der Waals surface area contributed by atoms with Gasteiger partial charge in [0, 0.05) is 23.2 Å². The van der Waals surface area contributed by atoms with Gasteiger partial charge in [0.2, 0.25) is 0 Å². The van der Waals surface area contributed by atoms with Crippen molar-refractivity contribution in [3.63, 3.8) is 0 Å². The molecular formula is C15H17Cl2N3O2. The summed E-state index contributed by atoms with van der Waals surface area (Å²) in [5.74, 6) is 0.695. The van der Waals surface area contributed by atoms with Crippen LogP contribution in [-0.4, -0.2) is 21.8 Å². The molecule has 2 aromatic rings. The number of anilines is 1. The van der Waals surface area contributed by atoms with Gasteiger partial charge in [-0.05, 0) is 32.9 Å². The first-order chi connectivity index (χ1) is 10.4. The van der Waals surface area contributed by atoms with Gasteiger partial charge >= 0.3 is 0 Å². The van der Waals surface area contributed by atoms with Crippen LogP contribution in [-0.2, 0) is 4.79 Å². The van der Waals surface area contributed by atoms with Gasteiger partial charge in [0.25, 0.3) is 5.91 Å². The Morgan fingerprint density at radius 1 is 1.27 bits per heavy atom. The molecule has 2 rings (SSSR count). The second-order valence-electron chi connectivity index (χ2n) is 5.08. The molecule has 22 heavy (non-hydrogen) atoms. The molecule has 1 aromatic carbocycles. The lowest BCUT2D eigenvalue weighted by Gasteiger charge is -2.17. The number of hydrogen-bond donors (Lipinski definition) is 1. The van der Waals surface area contributed by atoms with Crippen molar-refractivity contribution in [3.05, 3.63) is 40.5 Å². The fraction of sp³-hybridized carbons (Fsp3) is 0.333. The predicted molar refractivity (Wildman–Crippen MR) is 87.8 cm³/mol. The molecule has 118 valence electrons. The highest BCUT2D eigenvalue weighted by atomic mass is 35.5. The molecule has 1 heterocycles. The van der Waals surface area contributed by atoms with Crippen molar-refractivity contribution < 1.29 is 9.53 Å². The third-order valence-corrected chi connectivity index (χ3v) is 3.52. The van der Waals surface area contributed by atoms with E-state index in [-0.39, 0.29) is 11.9 Å². The molecule has 0 radical (unpaired) electrons. The van der Waals surface area contributed by atoms with Crippen molar-refractivity contribution in [2.75, 3.05) is 5.32 Å². The summed E-state index contributed by atoms with van der Waals surface area (Å²) in [6.07, 6.45) is 0.904. The summed E-state index contributed by atoms with van der Waals surface area (Å²) in [5.41, 5.74) is 0. The summed E-state index contributed by atoms with van der Waals surface area (Å²) in [6.45, 7) is 5.60. The van der Waals surface area contributed by atoms with Crippen LogP contribution in [0.2, 0.25) is 10.0 Å². The molecule has 0 spiro atoms. The average Bonchev–Trinajstić information content (AvgIpc) is 2.91. The smallest absolute Gasteiger partial charge is 0.266 e. The third-order valence-electron chi connectivity index (χ3n) is 2.98.